The summed E-state index contributed by atoms with van der Waals surface area (Å²) in [6.07, 6.45) is 1.49. The number of nitrogens with one attached hydrogen (secondary N) is 1. The number of sulfone groups is 1. The molecule has 0 aromatic heterocycles. The van der Waals surface area contributed by atoms with E-state index in [1.807, 2.05) is 0 Å². The van der Waals surface area contributed by atoms with Crippen LogP contribution in [0.4, 0.5) is 0 Å². The van der Waals surface area contributed by atoms with E-state index < -0.39 is 9.84 Å². The van der Waals surface area contributed by atoms with E-state index in [1.54, 1.807) is 31.2 Å². The quantitative estimate of drug-likeness (QED) is 0.520. The van der Waals surface area contributed by atoms with Crippen molar-refractivity contribution in [1.82, 2.24) is 5.32 Å². The lowest BCUT2D eigenvalue weighted by atomic mass is 9.96. The number of carbonyl (C=O) groups is 1. The molecule has 2 aromatic carbocycles. The first-order chi connectivity index (χ1) is 15.0. The van der Waals surface area contributed by atoms with Gasteiger partial charge < -0.3 is 19.5 Å². The smallest absolute Gasteiger partial charge is 0.251 e. The molecule has 7 nitrogen and oxygen atoms in total. The monoisotopic (exact) mass is 503 g/mol. The molecule has 1 atom stereocenters. The summed E-state index contributed by atoms with van der Waals surface area (Å²) in [5, 5.41) is 3.65. The highest BCUT2D eigenvalue weighted by atomic mass is 35.5. The molecule has 176 valence electrons. The van der Waals surface area contributed by atoms with Crippen LogP contribution in [-0.4, -0.2) is 54.2 Å². The third-order valence-electron chi connectivity index (χ3n) is 5.08. The molecule has 1 N–H and O–H groups in total. The average Bonchev–Trinajstić information content (AvgIpc) is 2.74. The molecule has 0 radical (unpaired) electrons. The first-order valence-corrected chi connectivity index (χ1v) is 12.5. The molecule has 0 aliphatic carbocycles. The molecular weight excluding hydrogens is 477 g/mol. The Labute approximate surface area is 198 Å². The van der Waals surface area contributed by atoms with Gasteiger partial charge in [0.25, 0.3) is 5.91 Å². The van der Waals surface area contributed by atoms with Crippen LogP contribution in [0.3, 0.4) is 0 Å². The van der Waals surface area contributed by atoms with Crippen molar-refractivity contribution >= 4 is 38.9 Å². The van der Waals surface area contributed by atoms with Gasteiger partial charge in [-0.1, -0.05) is 29.3 Å². The largest absolute Gasteiger partial charge is 0.493 e. The number of hydrogen-bond acceptors (Lipinski definition) is 6. The zero-order valence-corrected chi connectivity index (χ0v) is 21.0. The molecular formula is C22H27Cl2NO6S. The predicted octanol–water partition coefficient (Wildman–Crippen LogP) is 4.28. The van der Waals surface area contributed by atoms with Crippen LogP contribution in [0.15, 0.2) is 24.3 Å². The van der Waals surface area contributed by atoms with E-state index in [1.165, 1.54) is 27.6 Å². The van der Waals surface area contributed by atoms with E-state index in [9.17, 15) is 13.2 Å². The summed E-state index contributed by atoms with van der Waals surface area (Å²) in [7, 11) is 1.26. The van der Waals surface area contributed by atoms with Gasteiger partial charge in [0.05, 0.1) is 37.1 Å². The SMILES string of the molecule is COc1cc(C(=O)NCC(CCS(C)(=O)=O)c2ccc(Cl)c(Cl)c2)c(C)c(OC)c1OC. The zero-order chi connectivity index (χ0) is 24.1. The third kappa shape index (κ3) is 6.43. The van der Waals surface area contributed by atoms with Crippen LogP contribution in [0.1, 0.15) is 33.8 Å². The fraction of sp³-hybridized carbons (Fsp3) is 0.409. The second-order valence-electron chi connectivity index (χ2n) is 7.32. The van der Waals surface area contributed by atoms with Crippen LogP contribution in [0.2, 0.25) is 10.0 Å². The first kappa shape index (κ1) is 26.1. The maximum atomic E-state index is 13.0. The fourth-order valence-electron chi connectivity index (χ4n) is 3.36. The van der Waals surface area contributed by atoms with Gasteiger partial charge in [-0.05, 0) is 37.1 Å². The number of ether oxygens (including phenoxy) is 3. The minimum Gasteiger partial charge on any atom is -0.493 e. The maximum absolute atomic E-state index is 13.0. The van der Waals surface area contributed by atoms with Gasteiger partial charge in [0.1, 0.15) is 9.84 Å². The fourth-order valence-corrected chi connectivity index (χ4v) is 4.38. The lowest BCUT2D eigenvalue weighted by Gasteiger charge is -2.20. The van der Waals surface area contributed by atoms with Gasteiger partial charge in [-0.3, -0.25) is 4.79 Å². The number of halogens is 2. The Hall–Kier alpha value is -2.16. The topological polar surface area (TPSA) is 90.9 Å². The lowest BCUT2D eigenvalue weighted by Crippen LogP contribution is -2.30. The van der Waals surface area contributed by atoms with Crippen molar-refractivity contribution in [2.45, 2.75) is 19.3 Å². The molecule has 0 aliphatic rings. The van der Waals surface area contributed by atoms with Crippen LogP contribution in [0, 0.1) is 6.92 Å². The lowest BCUT2D eigenvalue weighted by molar-refractivity contribution is 0.0949. The van der Waals surface area contributed by atoms with E-state index in [-0.39, 0.29) is 24.1 Å². The predicted molar refractivity (Wildman–Crippen MR) is 127 cm³/mol. The normalized spacial score (nSPS) is 12.2. The summed E-state index contributed by atoms with van der Waals surface area (Å²) in [5.41, 5.74) is 1.73. The van der Waals surface area contributed by atoms with E-state index in [2.05, 4.69) is 5.32 Å². The van der Waals surface area contributed by atoms with Crippen molar-refractivity contribution in [3.8, 4) is 17.2 Å². The Morgan fingerprint density at radius 2 is 1.69 bits per heavy atom. The number of methoxy groups -OCH3 is 3. The second kappa shape index (κ2) is 11.1. The summed E-state index contributed by atoms with van der Waals surface area (Å²) in [4.78, 5) is 13.0. The molecule has 1 amide bonds. The van der Waals surface area contributed by atoms with E-state index >= 15 is 0 Å². The van der Waals surface area contributed by atoms with E-state index in [0.29, 0.717) is 44.8 Å². The van der Waals surface area contributed by atoms with E-state index in [0.717, 1.165) is 5.56 Å². The Balaban J connectivity index is 2.32. The van der Waals surface area contributed by atoms with Crippen molar-refractivity contribution in [2.75, 3.05) is 39.9 Å². The Bertz CT molecular complexity index is 1090. The van der Waals surface area contributed by atoms with Gasteiger partial charge in [-0.25, -0.2) is 8.42 Å². The zero-order valence-electron chi connectivity index (χ0n) is 18.6. The summed E-state index contributed by atoms with van der Waals surface area (Å²) in [6, 6.07) is 6.69. The molecule has 2 rings (SSSR count). The number of carbonyl (C=O) groups excluding carboxylic acids is 1. The Morgan fingerprint density at radius 3 is 2.22 bits per heavy atom. The van der Waals surface area contributed by atoms with Crippen molar-refractivity contribution < 1.29 is 27.4 Å². The van der Waals surface area contributed by atoms with Gasteiger partial charge in [0, 0.05) is 29.8 Å². The van der Waals surface area contributed by atoms with Gasteiger partial charge >= 0.3 is 0 Å². The van der Waals surface area contributed by atoms with Gasteiger partial charge in [0.2, 0.25) is 5.75 Å². The molecule has 0 saturated carbocycles. The van der Waals surface area contributed by atoms with Crippen molar-refractivity contribution in [2.24, 2.45) is 0 Å². The molecule has 2 aromatic rings. The highest BCUT2D eigenvalue weighted by molar-refractivity contribution is 7.90. The molecule has 0 aliphatic heterocycles. The summed E-state index contributed by atoms with van der Waals surface area (Å²) in [6.45, 7) is 1.94. The maximum Gasteiger partial charge on any atom is 0.251 e. The minimum atomic E-state index is -3.19. The van der Waals surface area contributed by atoms with Gasteiger partial charge in [-0.2, -0.15) is 0 Å². The van der Waals surface area contributed by atoms with Crippen molar-refractivity contribution in [3.63, 3.8) is 0 Å². The number of benzene rings is 2. The molecule has 0 fully saturated rings. The van der Waals surface area contributed by atoms with Crippen molar-refractivity contribution in [1.29, 1.82) is 0 Å². The van der Waals surface area contributed by atoms with Gasteiger partial charge in [0.15, 0.2) is 11.5 Å². The van der Waals surface area contributed by atoms with Gasteiger partial charge in [-0.15, -0.1) is 0 Å². The molecule has 0 bridgehead atoms. The first-order valence-electron chi connectivity index (χ1n) is 9.72. The number of rotatable bonds is 10. The summed E-state index contributed by atoms with van der Waals surface area (Å²) >= 11 is 12.2. The van der Waals surface area contributed by atoms with Crippen molar-refractivity contribution in [3.05, 3.63) is 51.0 Å². The van der Waals surface area contributed by atoms with Crippen LogP contribution in [0.25, 0.3) is 0 Å². The molecule has 10 heteroatoms. The highest BCUT2D eigenvalue weighted by Crippen LogP contribution is 2.41. The molecule has 0 heterocycles. The second-order valence-corrected chi connectivity index (χ2v) is 10.4. The number of hydrogen-bond donors (Lipinski definition) is 1. The standard InChI is InChI=1S/C22H27Cl2NO6S/c1-13-16(11-19(29-2)21(31-4)20(13)30-3)22(26)25-12-15(8-9-32(5,27)28)14-6-7-17(23)18(24)10-14/h6-7,10-11,15H,8-9,12H2,1-5H3,(H,25,26). The minimum absolute atomic E-state index is 0.0308. The van der Waals surface area contributed by atoms with Crippen LogP contribution in [0.5, 0.6) is 17.2 Å². The van der Waals surface area contributed by atoms with Crippen LogP contribution >= 0.6 is 23.2 Å². The summed E-state index contributed by atoms with van der Waals surface area (Å²) < 4.78 is 39.5. The average molecular weight is 504 g/mol. The molecule has 1 unspecified atom stereocenters. The third-order valence-corrected chi connectivity index (χ3v) is 6.80. The highest BCUT2D eigenvalue weighted by Gasteiger charge is 2.23. The molecule has 0 spiro atoms. The molecule has 0 saturated heterocycles. The number of amides is 1. The van der Waals surface area contributed by atoms with E-state index in [4.69, 9.17) is 37.4 Å². The van der Waals surface area contributed by atoms with Crippen LogP contribution in [-0.2, 0) is 9.84 Å². The Morgan fingerprint density at radius 1 is 1.03 bits per heavy atom. The molecule has 32 heavy (non-hydrogen) atoms. The van der Waals surface area contributed by atoms with Crippen LogP contribution < -0.4 is 19.5 Å². The Kier molecular flexibility index (Phi) is 9.07. The summed E-state index contributed by atoms with van der Waals surface area (Å²) in [5.74, 6) is 0.480.